The molecule has 0 bridgehead atoms. The van der Waals surface area contributed by atoms with Gasteiger partial charge >= 0.3 is 0 Å². The summed E-state index contributed by atoms with van der Waals surface area (Å²) < 4.78 is 5.23. The van der Waals surface area contributed by atoms with Gasteiger partial charge in [0.05, 0.1) is 7.11 Å². The van der Waals surface area contributed by atoms with Gasteiger partial charge in [0.25, 0.3) is 0 Å². The van der Waals surface area contributed by atoms with E-state index in [-0.39, 0.29) is 5.04 Å². The first-order chi connectivity index (χ1) is 4.31. The summed E-state index contributed by atoms with van der Waals surface area (Å²) in [5, 5.41) is 0.239. The van der Waals surface area contributed by atoms with E-state index < -0.39 is 8.32 Å². The molecular weight excluding hydrogens is 144 g/mol. The summed E-state index contributed by atoms with van der Waals surface area (Å²) in [6.45, 7) is 10.8. The molecule has 0 radical (unpaired) electrons. The fourth-order valence-electron chi connectivity index (χ4n) is 0.333. The molecule has 0 unspecified atom stereocenters. The van der Waals surface area contributed by atoms with Gasteiger partial charge in [-0.1, -0.05) is 20.8 Å². The predicted octanol–water partition coefficient (Wildman–Crippen LogP) is 2.57. The molecule has 0 aromatic rings. The molecule has 0 aromatic heterocycles. The van der Waals surface area contributed by atoms with E-state index in [1.165, 1.54) is 0 Å². The summed E-state index contributed by atoms with van der Waals surface area (Å²) in [6, 6.07) is 0. The second-order valence-electron chi connectivity index (χ2n) is 4.01. The van der Waals surface area contributed by atoms with Crippen LogP contribution in [-0.4, -0.2) is 15.4 Å². The topological polar surface area (TPSA) is 18.5 Å². The SMILES string of the molecule is COO[Si](C)(C)C(C)(C)C. The highest BCUT2D eigenvalue weighted by atomic mass is 28.4. The smallest absolute Gasteiger partial charge is 0.238 e. The van der Waals surface area contributed by atoms with Gasteiger partial charge in [0.2, 0.25) is 8.32 Å². The van der Waals surface area contributed by atoms with Crippen LogP contribution in [0, 0.1) is 0 Å². The molecule has 0 saturated heterocycles. The van der Waals surface area contributed by atoms with E-state index in [0.717, 1.165) is 0 Å². The van der Waals surface area contributed by atoms with Gasteiger partial charge in [0.15, 0.2) is 0 Å². The molecule has 62 valence electrons. The molecule has 0 rings (SSSR count). The first-order valence-corrected chi connectivity index (χ1v) is 6.44. The molecular formula is C7H18O2Si. The predicted molar refractivity (Wildman–Crippen MR) is 45.3 cm³/mol. The van der Waals surface area contributed by atoms with Crippen molar-refractivity contribution in [3.05, 3.63) is 0 Å². The van der Waals surface area contributed by atoms with E-state index in [4.69, 9.17) is 9.46 Å². The highest BCUT2D eigenvalue weighted by Crippen LogP contribution is 2.36. The van der Waals surface area contributed by atoms with Crippen LogP contribution in [0.15, 0.2) is 0 Å². The lowest BCUT2D eigenvalue weighted by atomic mass is 10.2. The van der Waals surface area contributed by atoms with Crippen LogP contribution in [0.25, 0.3) is 0 Å². The van der Waals surface area contributed by atoms with Gasteiger partial charge in [0.1, 0.15) is 0 Å². The Bertz CT molecular complexity index is 105. The molecule has 0 aliphatic heterocycles. The van der Waals surface area contributed by atoms with Crippen LogP contribution in [0.2, 0.25) is 18.1 Å². The molecule has 2 nitrogen and oxygen atoms in total. The van der Waals surface area contributed by atoms with Gasteiger partial charge in [-0.15, -0.1) is 0 Å². The zero-order chi connectivity index (χ0) is 8.41. The Morgan fingerprint density at radius 3 is 1.60 bits per heavy atom. The largest absolute Gasteiger partial charge is 0.287 e. The van der Waals surface area contributed by atoms with E-state index in [2.05, 4.69) is 33.9 Å². The van der Waals surface area contributed by atoms with E-state index >= 15 is 0 Å². The average Bonchev–Trinajstić information content (AvgIpc) is 1.61. The molecule has 0 aliphatic rings. The van der Waals surface area contributed by atoms with E-state index in [0.29, 0.717) is 0 Å². The Labute approximate surface area is 64.6 Å². The van der Waals surface area contributed by atoms with E-state index in [1.807, 2.05) is 0 Å². The lowest BCUT2D eigenvalue weighted by Crippen LogP contribution is -2.40. The Morgan fingerprint density at radius 1 is 1.10 bits per heavy atom. The first-order valence-electron chi connectivity index (χ1n) is 3.53. The van der Waals surface area contributed by atoms with Crippen LogP contribution in [0.3, 0.4) is 0 Å². The molecule has 0 fully saturated rings. The van der Waals surface area contributed by atoms with Crippen LogP contribution in [0.4, 0.5) is 0 Å². The van der Waals surface area contributed by atoms with Gasteiger partial charge in [-0.25, -0.2) is 0 Å². The van der Waals surface area contributed by atoms with Crippen LogP contribution >= 0.6 is 0 Å². The minimum Gasteiger partial charge on any atom is -0.287 e. The van der Waals surface area contributed by atoms with E-state index in [9.17, 15) is 0 Å². The molecule has 3 heteroatoms. The lowest BCUT2D eigenvalue weighted by molar-refractivity contribution is -0.193. The third kappa shape index (κ3) is 2.40. The van der Waals surface area contributed by atoms with Crippen molar-refractivity contribution in [2.75, 3.05) is 7.11 Å². The van der Waals surface area contributed by atoms with Gasteiger partial charge in [-0.3, -0.25) is 9.46 Å². The molecule has 0 aliphatic carbocycles. The maximum Gasteiger partial charge on any atom is 0.238 e. The molecule has 0 N–H and O–H groups in total. The molecule has 0 heterocycles. The molecule has 10 heavy (non-hydrogen) atoms. The second kappa shape index (κ2) is 3.03. The summed E-state index contributed by atoms with van der Waals surface area (Å²) in [7, 11) is -0.0572. The van der Waals surface area contributed by atoms with Crippen LogP contribution < -0.4 is 0 Å². The van der Waals surface area contributed by atoms with E-state index in [1.54, 1.807) is 7.11 Å². The van der Waals surface area contributed by atoms with Gasteiger partial charge in [0, 0.05) is 0 Å². The van der Waals surface area contributed by atoms with Gasteiger partial charge in [-0.2, -0.15) is 0 Å². The third-order valence-electron chi connectivity index (χ3n) is 2.10. The van der Waals surface area contributed by atoms with Crippen molar-refractivity contribution >= 4 is 8.32 Å². The Balaban J connectivity index is 4.10. The van der Waals surface area contributed by atoms with Crippen molar-refractivity contribution in [3.8, 4) is 0 Å². The number of hydrogen-bond acceptors (Lipinski definition) is 2. The van der Waals surface area contributed by atoms with Crippen LogP contribution in [-0.2, 0) is 9.46 Å². The van der Waals surface area contributed by atoms with Crippen molar-refractivity contribution in [2.45, 2.75) is 38.9 Å². The monoisotopic (exact) mass is 162 g/mol. The average molecular weight is 162 g/mol. The van der Waals surface area contributed by atoms with Gasteiger partial charge < -0.3 is 0 Å². The minimum atomic E-state index is -1.63. The molecule has 0 aromatic carbocycles. The minimum absolute atomic E-state index is 0.239. The zero-order valence-corrected chi connectivity index (χ0v) is 8.82. The number of rotatable bonds is 2. The van der Waals surface area contributed by atoms with Crippen molar-refractivity contribution in [2.24, 2.45) is 0 Å². The Kier molecular flexibility index (Phi) is 3.07. The normalized spacial score (nSPS) is 13.8. The zero-order valence-electron chi connectivity index (χ0n) is 7.82. The summed E-state index contributed by atoms with van der Waals surface area (Å²) in [5.74, 6) is 0. The molecule has 0 saturated carbocycles. The maximum atomic E-state index is 5.23. The molecule has 0 atom stereocenters. The van der Waals surface area contributed by atoms with Gasteiger partial charge in [-0.05, 0) is 18.1 Å². The fourth-order valence-corrected chi connectivity index (χ4v) is 1.00. The highest BCUT2D eigenvalue weighted by Gasteiger charge is 2.38. The third-order valence-corrected chi connectivity index (χ3v) is 6.29. The van der Waals surface area contributed by atoms with Crippen molar-refractivity contribution in [1.29, 1.82) is 0 Å². The summed E-state index contributed by atoms with van der Waals surface area (Å²) >= 11 is 0. The second-order valence-corrected chi connectivity index (χ2v) is 8.70. The summed E-state index contributed by atoms with van der Waals surface area (Å²) in [5.41, 5.74) is 0. The summed E-state index contributed by atoms with van der Waals surface area (Å²) in [6.07, 6.45) is 0. The fraction of sp³-hybridized carbons (Fsp3) is 1.00. The maximum absolute atomic E-state index is 5.23. The van der Waals surface area contributed by atoms with Crippen molar-refractivity contribution in [1.82, 2.24) is 0 Å². The summed E-state index contributed by atoms with van der Waals surface area (Å²) in [4.78, 5) is 4.69. The quantitative estimate of drug-likeness (QED) is 0.353. The first kappa shape index (κ1) is 10.1. The van der Waals surface area contributed by atoms with Crippen molar-refractivity contribution < 1.29 is 9.46 Å². The standard InChI is InChI=1S/C7H18O2Si/c1-7(2,3)10(5,6)9-8-4/h1-6H3. The highest BCUT2D eigenvalue weighted by molar-refractivity contribution is 6.73. The van der Waals surface area contributed by atoms with Crippen LogP contribution in [0.1, 0.15) is 20.8 Å². The van der Waals surface area contributed by atoms with Crippen molar-refractivity contribution in [3.63, 3.8) is 0 Å². The lowest BCUT2D eigenvalue weighted by Gasteiger charge is -2.33. The molecule has 0 amide bonds. The Hall–Kier alpha value is 0.137. The molecule has 0 spiro atoms. The number of hydrogen-bond donors (Lipinski definition) is 0. The van der Waals surface area contributed by atoms with Crippen LogP contribution in [0.5, 0.6) is 0 Å². The Morgan fingerprint density at radius 2 is 1.50 bits per heavy atom.